The summed E-state index contributed by atoms with van der Waals surface area (Å²) in [6, 6.07) is 4.61. The second-order valence-corrected chi connectivity index (χ2v) is 5.05. The number of carboxylic acids is 1. The molecule has 1 heterocycles. The molecule has 108 valence electrons. The normalized spacial score (nSPS) is 18.7. The summed E-state index contributed by atoms with van der Waals surface area (Å²) in [7, 11) is 1.51. The number of aryl methyl sites for hydroxylation is 1. The van der Waals surface area contributed by atoms with Gasteiger partial charge < -0.3 is 14.7 Å². The largest absolute Gasteiger partial charge is 0.496 e. The summed E-state index contributed by atoms with van der Waals surface area (Å²) in [4.78, 5) is 25.4. The van der Waals surface area contributed by atoms with Gasteiger partial charge in [-0.05, 0) is 38.3 Å². The molecule has 0 bridgehead atoms. The third-order valence-corrected chi connectivity index (χ3v) is 3.63. The van der Waals surface area contributed by atoms with Crippen molar-refractivity contribution < 1.29 is 19.4 Å². The zero-order valence-corrected chi connectivity index (χ0v) is 11.8. The molecule has 0 aliphatic carbocycles. The van der Waals surface area contributed by atoms with Gasteiger partial charge in [-0.2, -0.15) is 0 Å². The van der Waals surface area contributed by atoms with Crippen LogP contribution in [0.5, 0.6) is 5.75 Å². The Morgan fingerprint density at radius 2 is 2.10 bits per heavy atom. The molecule has 1 fully saturated rings. The lowest BCUT2D eigenvalue weighted by atomic mass is 10.00. The number of carboxylic acid groups (broad SMARTS) is 1. The molecule has 0 saturated carbocycles. The molecule has 5 heteroatoms. The van der Waals surface area contributed by atoms with E-state index in [-0.39, 0.29) is 5.91 Å². The van der Waals surface area contributed by atoms with Gasteiger partial charge in [-0.25, -0.2) is 4.79 Å². The first-order valence-electron chi connectivity index (χ1n) is 6.73. The van der Waals surface area contributed by atoms with Crippen molar-refractivity contribution in [3.63, 3.8) is 0 Å². The molecule has 1 aliphatic rings. The Morgan fingerprint density at radius 3 is 2.75 bits per heavy atom. The third-order valence-electron chi connectivity index (χ3n) is 3.63. The van der Waals surface area contributed by atoms with E-state index in [1.54, 1.807) is 12.1 Å². The summed E-state index contributed by atoms with van der Waals surface area (Å²) in [6.07, 6.45) is 2.19. The molecular weight excluding hydrogens is 258 g/mol. The van der Waals surface area contributed by atoms with Gasteiger partial charge in [-0.1, -0.05) is 11.6 Å². The maximum Gasteiger partial charge on any atom is 0.326 e. The fourth-order valence-electron chi connectivity index (χ4n) is 2.58. The average molecular weight is 277 g/mol. The molecule has 1 aromatic carbocycles. The van der Waals surface area contributed by atoms with Gasteiger partial charge in [0.15, 0.2) is 0 Å². The minimum atomic E-state index is -0.940. The van der Waals surface area contributed by atoms with Crippen LogP contribution in [0.15, 0.2) is 18.2 Å². The first kappa shape index (κ1) is 14.4. The van der Waals surface area contributed by atoms with Crippen LogP contribution < -0.4 is 4.74 Å². The van der Waals surface area contributed by atoms with Crippen LogP contribution in [0.4, 0.5) is 0 Å². The Bertz CT molecular complexity index is 527. The molecule has 0 unspecified atom stereocenters. The van der Waals surface area contributed by atoms with Gasteiger partial charge in [0.2, 0.25) is 0 Å². The van der Waals surface area contributed by atoms with Gasteiger partial charge >= 0.3 is 5.97 Å². The molecule has 2 rings (SSSR count). The van der Waals surface area contributed by atoms with E-state index in [0.717, 1.165) is 18.4 Å². The number of nitrogens with zero attached hydrogens (tertiary/aromatic N) is 1. The number of piperidine rings is 1. The molecular formula is C15H19NO4. The van der Waals surface area contributed by atoms with Gasteiger partial charge in [-0.3, -0.25) is 4.79 Å². The summed E-state index contributed by atoms with van der Waals surface area (Å²) >= 11 is 0. The first-order chi connectivity index (χ1) is 9.54. The standard InChI is InChI=1S/C15H19NO4/c1-10-6-7-13(20-2)11(9-10)14(17)16-8-4-3-5-12(16)15(18)19/h6-7,9,12H,3-5,8H2,1-2H3,(H,18,19)/t12-/m1/s1. The second kappa shape index (κ2) is 5.94. The molecule has 0 spiro atoms. The van der Waals surface area contributed by atoms with E-state index in [1.165, 1.54) is 12.0 Å². The van der Waals surface area contributed by atoms with Crippen LogP contribution in [0, 0.1) is 6.92 Å². The van der Waals surface area contributed by atoms with Gasteiger partial charge in [0.05, 0.1) is 12.7 Å². The summed E-state index contributed by atoms with van der Waals surface area (Å²) in [5.41, 5.74) is 1.37. The van der Waals surface area contributed by atoms with Crippen molar-refractivity contribution in [2.75, 3.05) is 13.7 Å². The Hall–Kier alpha value is -2.04. The molecule has 0 radical (unpaired) electrons. The summed E-state index contributed by atoms with van der Waals surface area (Å²) in [6.45, 7) is 2.37. The molecule has 1 saturated heterocycles. The van der Waals surface area contributed by atoms with Crippen LogP contribution in [-0.2, 0) is 4.79 Å². The molecule has 0 aromatic heterocycles. The van der Waals surface area contributed by atoms with Crippen LogP contribution in [-0.4, -0.2) is 41.6 Å². The molecule has 1 N–H and O–H groups in total. The van der Waals surface area contributed by atoms with E-state index in [4.69, 9.17) is 4.74 Å². The topological polar surface area (TPSA) is 66.8 Å². The second-order valence-electron chi connectivity index (χ2n) is 5.05. The Kier molecular flexibility index (Phi) is 4.27. The minimum absolute atomic E-state index is 0.266. The number of hydrogen-bond acceptors (Lipinski definition) is 3. The number of rotatable bonds is 3. The van der Waals surface area contributed by atoms with E-state index >= 15 is 0 Å². The van der Waals surface area contributed by atoms with E-state index in [1.807, 2.05) is 13.0 Å². The smallest absolute Gasteiger partial charge is 0.326 e. The molecule has 1 amide bonds. The first-order valence-corrected chi connectivity index (χ1v) is 6.73. The number of aliphatic carboxylic acids is 1. The number of carbonyl (C=O) groups excluding carboxylic acids is 1. The number of amides is 1. The number of carbonyl (C=O) groups is 2. The van der Waals surface area contributed by atoms with Gasteiger partial charge in [-0.15, -0.1) is 0 Å². The highest BCUT2D eigenvalue weighted by Gasteiger charge is 2.33. The van der Waals surface area contributed by atoms with E-state index in [9.17, 15) is 14.7 Å². The highest BCUT2D eigenvalue weighted by Crippen LogP contribution is 2.25. The Balaban J connectivity index is 2.34. The number of ether oxygens (including phenoxy) is 1. The van der Waals surface area contributed by atoms with Crippen LogP contribution in [0.25, 0.3) is 0 Å². The van der Waals surface area contributed by atoms with Crippen molar-refractivity contribution in [1.29, 1.82) is 0 Å². The zero-order valence-electron chi connectivity index (χ0n) is 11.8. The fourth-order valence-corrected chi connectivity index (χ4v) is 2.58. The van der Waals surface area contributed by atoms with E-state index < -0.39 is 12.0 Å². The predicted molar refractivity (Wildman–Crippen MR) is 74.0 cm³/mol. The van der Waals surface area contributed by atoms with Crippen molar-refractivity contribution in [3.8, 4) is 5.75 Å². The zero-order chi connectivity index (χ0) is 14.7. The Labute approximate surface area is 118 Å². The number of hydrogen-bond donors (Lipinski definition) is 1. The molecule has 1 aromatic rings. The van der Waals surface area contributed by atoms with Gasteiger partial charge in [0, 0.05) is 6.54 Å². The predicted octanol–water partition coefficient (Wildman–Crippen LogP) is 2.08. The lowest BCUT2D eigenvalue weighted by Gasteiger charge is -2.33. The minimum Gasteiger partial charge on any atom is -0.496 e. The molecule has 5 nitrogen and oxygen atoms in total. The molecule has 20 heavy (non-hydrogen) atoms. The maximum absolute atomic E-state index is 12.6. The SMILES string of the molecule is COc1ccc(C)cc1C(=O)N1CCCC[C@@H]1C(=O)O. The van der Waals surface area contributed by atoms with E-state index in [0.29, 0.717) is 24.3 Å². The molecule has 1 aliphatic heterocycles. The summed E-state index contributed by atoms with van der Waals surface area (Å²) in [5.74, 6) is -0.724. The van der Waals surface area contributed by atoms with Crippen molar-refractivity contribution in [3.05, 3.63) is 29.3 Å². The fraction of sp³-hybridized carbons (Fsp3) is 0.467. The highest BCUT2D eigenvalue weighted by molar-refractivity contribution is 5.99. The maximum atomic E-state index is 12.6. The van der Waals surface area contributed by atoms with Crippen molar-refractivity contribution >= 4 is 11.9 Å². The third kappa shape index (κ3) is 2.76. The number of benzene rings is 1. The van der Waals surface area contributed by atoms with Crippen LogP contribution in [0.3, 0.4) is 0 Å². The summed E-state index contributed by atoms with van der Waals surface area (Å²) in [5, 5.41) is 9.26. The van der Waals surface area contributed by atoms with Gasteiger partial charge in [0.1, 0.15) is 11.8 Å². The quantitative estimate of drug-likeness (QED) is 0.918. The van der Waals surface area contributed by atoms with Crippen molar-refractivity contribution in [2.45, 2.75) is 32.2 Å². The monoisotopic (exact) mass is 277 g/mol. The van der Waals surface area contributed by atoms with Crippen molar-refractivity contribution in [2.24, 2.45) is 0 Å². The van der Waals surface area contributed by atoms with Crippen molar-refractivity contribution in [1.82, 2.24) is 4.90 Å². The highest BCUT2D eigenvalue weighted by atomic mass is 16.5. The van der Waals surface area contributed by atoms with Gasteiger partial charge in [0.25, 0.3) is 5.91 Å². The summed E-state index contributed by atoms with van der Waals surface area (Å²) < 4.78 is 5.21. The lowest BCUT2D eigenvalue weighted by molar-refractivity contribution is -0.143. The van der Waals surface area contributed by atoms with Crippen LogP contribution in [0.1, 0.15) is 35.2 Å². The lowest BCUT2D eigenvalue weighted by Crippen LogP contribution is -2.48. The van der Waals surface area contributed by atoms with Crippen LogP contribution in [0.2, 0.25) is 0 Å². The average Bonchev–Trinajstić information content (AvgIpc) is 2.46. The van der Waals surface area contributed by atoms with E-state index in [2.05, 4.69) is 0 Å². The molecule has 1 atom stereocenters. The van der Waals surface area contributed by atoms with Crippen LogP contribution >= 0.6 is 0 Å². The Morgan fingerprint density at radius 1 is 1.35 bits per heavy atom. The number of likely N-dealkylation sites (tertiary alicyclic amines) is 1. The number of methoxy groups -OCH3 is 1.